The second-order valence-electron chi connectivity index (χ2n) is 4.49. The molecule has 1 rings (SSSR count). The number of hydrogen-bond donors (Lipinski definition) is 0. The van der Waals surface area contributed by atoms with E-state index < -0.39 is 11.8 Å². The average Bonchev–Trinajstić information content (AvgIpc) is 2.39. The van der Waals surface area contributed by atoms with Gasteiger partial charge in [-0.05, 0) is 24.5 Å². The molecule has 0 spiro atoms. The summed E-state index contributed by atoms with van der Waals surface area (Å²) < 4.78 is 18.5. The number of carbonyl (C=O) groups is 1. The lowest BCUT2D eigenvalue weighted by Crippen LogP contribution is -2.15. The van der Waals surface area contributed by atoms with Crippen LogP contribution in [0.5, 0.6) is 0 Å². The topological polar surface area (TPSA) is 26.3 Å². The summed E-state index contributed by atoms with van der Waals surface area (Å²) in [5.74, 6) is -0.715. The molecule has 0 bridgehead atoms. The number of benzene rings is 1. The zero-order valence-corrected chi connectivity index (χ0v) is 11.1. The van der Waals surface area contributed by atoms with Crippen molar-refractivity contribution < 1.29 is 13.9 Å². The lowest BCUT2D eigenvalue weighted by molar-refractivity contribution is 0.0423. The summed E-state index contributed by atoms with van der Waals surface area (Å²) in [6.45, 7) is 4.60. The molecule has 0 radical (unpaired) electrons. The summed E-state index contributed by atoms with van der Waals surface area (Å²) in [5.41, 5.74) is 0.0165. The van der Waals surface area contributed by atoms with Crippen LogP contribution >= 0.6 is 0 Å². The SMILES string of the molecule is CCCCC(CC)COC(=O)c1ccccc1F. The highest BCUT2D eigenvalue weighted by atomic mass is 19.1. The van der Waals surface area contributed by atoms with E-state index in [1.165, 1.54) is 12.1 Å². The van der Waals surface area contributed by atoms with E-state index in [0.29, 0.717) is 12.5 Å². The van der Waals surface area contributed by atoms with Gasteiger partial charge in [0.15, 0.2) is 0 Å². The van der Waals surface area contributed by atoms with Gasteiger partial charge in [0.25, 0.3) is 0 Å². The van der Waals surface area contributed by atoms with Gasteiger partial charge in [0, 0.05) is 0 Å². The maximum atomic E-state index is 13.3. The molecule has 1 aromatic rings. The highest BCUT2D eigenvalue weighted by molar-refractivity contribution is 5.89. The quantitative estimate of drug-likeness (QED) is 0.680. The van der Waals surface area contributed by atoms with Crippen LogP contribution in [0, 0.1) is 11.7 Å². The second-order valence-corrected chi connectivity index (χ2v) is 4.49. The van der Waals surface area contributed by atoms with Crippen molar-refractivity contribution in [2.45, 2.75) is 39.5 Å². The first-order valence-electron chi connectivity index (χ1n) is 6.60. The molecule has 18 heavy (non-hydrogen) atoms. The van der Waals surface area contributed by atoms with Crippen LogP contribution in [0.4, 0.5) is 4.39 Å². The molecule has 0 saturated heterocycles. The lowest BCUT2D eigenvalue weighted by Gasteiger charge is -2.14. The fourth-order valence-corrected chi connectivity index (χ4v) is 1.80. The zero-order chi connectivity index (χ0) is 13.4. The Hall–Kier alpha value is -1.38. The number of unbranched alkanes of at least 4 members (excludes halogenated alkanes) is 1. The van der Waals surface area contributed by atoms with Crippen molar-refractivity contribution >= 4 is 5.97 Å². The van der Waals surface area contributed by atoms with Crippen molar-refractivity contribution in [1.82, 2.24) is 0 Å². The number of carbonyl (C=O) groups excluding carboxylic acids is 1. The Morgan fingerprint density at radius 2 is 2.06 bits per heavy atom. The molecule has 0 fully saturated rings. The Labute approximate surface area is 108 Å². The van der Waals surface area contributed by atoms with Gasteiger partial charge in [0.1, 0.15) is 5.82 Å². The van der Waals surface area contributed by atoms with Crippen molar-refractivity contribution in [2.75, 3.05) is 6.61 Å². The van der Waals surface area contributed by atoms with E-state index in [9.17, 15) is 9.18 Å². The van der Waals surface area contributed by atoms with Gasteiger partial charge >= 0.3 is 5.97 Å². The first kappa shape index (κ1) is 14.7. The second kappa shape index (κ2) is 7.85. The van der Waals surface area contributed by atoms with Crippen LogP contribution in [0.15, 0.2) is 24.3 Å². The molecule has 0 aromatic heterocycles. The normalized spacial score (nSPS) is 12.2. The van der Waals surface area contributed by atoms with Crippen molar-refractivity contribution in [2.24, 2.45) is 5.92 Å². The van der Waals surface area contributed by atoms with E-state index >= 15 is 0 Å². The summed E-state index contributed by atoms with van der Waals surface area (Å²) in [7, 11) is 0. The predicted octanol–water partition coefficient (Wildman–Crippen LogP) is 4.20. The van der Waals surface area contributed by atoms with Gasteiger partial charge < -0.3 is 4.74 Å². The minimum atomic E-state index is -0.567. The Balaban J connectivity index is 2.47. The van der Waals surface area contributed by atoms with Gasteiger partial charge in [-0.15, -0.1) is 0 Å². The van der Waals surface area contributed by atoms with Crippen LogP contribution < -0.4 is 0 Å². The largest absolute Gasteiger partial charge is 0.462 e. The van der Waals surface area contributed by atoms with Crippen molar-refractivity contribution in [3.8, 4) is 0 Å². The molecule has 0 saturated carbocycles. The first-order valence-corrected chi connectivity index (χ1v) is 6.60. The minimum Gasteiger partial charge on any atom is -0.462 e. The maximum Gasteiger partial charge on any atom is 0.341 e. The monoisotopic (exact) mass is 252 g/mol. The summed E-state index contributed by atoms with van der Waals surface area (Å²) in [6.07, 6.45) is 4.30. The summed E-state index contributed by atoms with van der Waals surface area (Å²) in [6, 6.07) is 5.91. The maximum absolute atomic E-state index is 13.3. The molecular weight excluding hydrogens is 231 g/mol. The third kappa shape index (κ3) is 4.47. The zero-order valence-electron chi connectivity index (χ0n) is 11.1. The van der Waals surface area contributed by atoms with Crippen LogP contribution in [-0.4, -0.2) is 12.6 Å². The molecule has 0 amide bonds. The molecule has 1 atom stereocenters. The van der Waals surface area contributed by atoms with E-state index in [0.717, 1.165) is 25.7 Å². The van der Waals surface area contributed by atoms with Crippen LogP contribution in [0.2, 0.25) is 0 Å². The molecule has 0 aliphatic carbocycles. The fourth-order valence-electron chi connectivity index (χ4n) is 1.80. The molecule has 3 heteroatoms. The third-order valence-corrected chi connectivity index (χ3v) is 3.09. The number of esters is 1. The van der Waals surface area contributed by atoms with E-state index in [2.05, 4.69) is 13.8 Å². The Morgan fingerprint density at radius 3 is 2.67 bits per heavy atom. The highest BCUT2D eigenvalue weighted by Crippen LogP contribution is 2.15. The molecule has 0 aliphatic rings. The molecule has 0 heterocycles. The highest BCUT2D eigenvalue weighted by Gasteiger charge is 2.14. The molecule has 0 aliphatic heterocycles. The van der Waals surface area contributed by atoms with E-state index in [-0.39, 0.29) is 5.56 Å². The van der Waals surface area contributed by atoms with Gasteiger partial charge in [-0.1, -0.05) is 45.2 Å². The number of halogens is 1. The van der Waals surface area contributed by atoms with Crippen molar-refractivity contribution in [3.05, 3.63) is 35.6 Å². The van der Waals surface area contributed by atoms with Crippen LogP contribution in [0.3, 0.4) is 0 Å². The summed E-state index contributed by atoms with van der Waals surface area (Å²) in [4.78, 5) is 11.7. The molecule has 0 N–H and O–H groups in total. The lowest BCUT2D eigenvalue weighted by atomic mass is 10.0. The Bertz CT molecular complexity index is 377. The molecule has 1 aromatic carbocycles. The van der Waals surface area contributed by atoms with Crippen molar-refractivity contribution in [1.29, 1.82) is 0 Å². The van der Waals surface area contributed by atoms with E-state index in [1.54, 1.807) is 12.1 Å². The van der Waals surface area contributed by atoms with Gasteiger partial charge in [-0.25, -0.2) is 9.18 Å². The molecule has 1 unspecified atom stereocenters. The van der Waals surface area contributed by atoms with Gasteiger partial charge in [0.2, 0.25) is 0 Å². The first-order chi connectivity index (χ1) is 8.69. The van der Waals surface area contributed by atoms with Gasteiger partial charge in [-0.3, -0.25) is 0 Å². The minimum absolute atomic E-state index is 0.0165. The van der Waals surface area contributed by atoms with Gasteiger partial charge in [-0.2, -0.15) is 0 Å². The Kier molecular flexibility index (Phi) is 6.40. The van der Waals surface area contributed by atoms with Crippen molar-refractivity contribution in [3.63, 3.8) is 0 Å². The van der Waals surface area contributed by atoms with Gasteiger partial charge in [0.05, 0.1) is 12.2 Å². The van der Waals surface area contributed by atoms with E-state index in [1.807, 2.05) is 0 Å². The summed E-state index contributed by atoms with van der Waals surface area (Å²) in [5, 5.41) is 0. The summed E-state index contributed by atoms with van der Waals surface area (Å²) >= 11 is 0. The van der Waals surface area contributed by atoms with E-state index in [4.69, 9.17) is 4.74 Å². The van der Waals surface area contributed by atoms with Crippen LogP contribution in [0.25, 0.3) is 0 Å². The molecular formula is C15H21FO2. The number of ether oxygens (including phenoxy) is 1. The smallest absolute Gasteiger partial charge is 0.341 e. The average molecular weight is 252 g/mol. The standard InChI is InChI=1S/C15H21FO2/c1-3-5-8-12(4-2)11-18-15(17)13-9-6-7-10-14(13)16/h6-7,9-10,12H,3-5,8,11H2,1-2H3. The van der Waals surface area contributed by atoms with Crippen LogP contribution in [0.1, 0.15) is 49.9 Å². The number of rotatable bonds is 7. The van der Waals surface area contributed by atoms with Crippen LogP contribution in [-0.2, 0) is 4.74 Å². The molecule has 100 valence electrons. The fraction of sp³-hybridized carbons (Fsp3) is 0.533. The Morgan fingerprint density at radius 1 is 1.33 bits per heavy atom. The predicted molar refractivity (Wildman–Crippen MR) is 70.0 cm³/mol. The molecule has 2 nitrogen and oxygen atoms in total. The third-order valence-electron chi connectivity index (χ3n) is 3.09. The number of hydrogen-bond acceptors (Lipinski definition) is 2.